The van der Waals surface area contributed by atoms with E-state index >= 15 is 0 Å². The standard InChI is InChI=1S/C30H39NO4/c1-3-5-7-8-9-10-11-23-13-16-28(17-14-23)35-22-27(32)21-31-26(12-6-4-2)20-25-19-24(30(33)34)15-18-29(25)31/h13-20H,3-12,21-22H2,1-2H3,(H,33,34). The zero-order valence-electron chi connectivity index (χ0n) is 21.2. The first-order chi connectivity index (χ1) is 17.0. The number of unbranched alkanes of at least 4 members (excludes halogenated alkanes) is 6. The summed E-state index contributed by atoms with van der Waals surface area (Å²) in [5.41, 5.74) is 3.50. The molecular weight excluding hydrogens is 438 g/mol. The predicted molar refractivity (Wildman–Crippen MR) is 142 cm³/mol. The fraction of sp³-hybridized carbons (Fsp3) is 0.467. The first-order valence-corrected chi connectivity index (χ1v) is 13.1. The smallest absolute Gasteiger partial charge is 0.335 e. The van der Waals surface area contributed by atoms with Crippen LogP contribution in [0, 0.1) is 0 Å². The molecule has 0 bridgehead atoms. The van der Waals surface area contributed by atoms with Gasteiger partial charge in [0.05, 0.1) is 12.1 Å². The normalized spacial score (nSPS) is 11.1. The van der Waals surface area contributed by atoms with Gasteiger partial charge in [-0.1, -0.05) is 64.5 Å². The van der Waals surface area contributed by atoms with Gasteiger partial charge < -0.3 is 14.4 Å². The molecule has 0 spiro atoms. The van der Waals surface area contributed by atoms with E-state index in [9.17, 15) is 14.7 Å². The molecule has 0 amide bonds. The maximum absolute atomic E-state index is 12.8. The van der Waals surface area contributed by atoms with Crippen molar-refractivity contribution in [2.75, 3.05) is 6.61 Å². The number of hydrogen-bond acceptors (Lipinski definition) is 3. The third-order valence-corrected chi connectivity index (χ3v) is 6.50. The van der Waals surface area contributed by atoms with Crippen LogP contribution in [0.1, 0.15) is 86.8 Å². The summed E-state index contributed by atoms with van der Waals surface area (Å²) < 4.78 is 7.79. The highest BCUT2D eigenvalue weighted by atomic mass is 16.5. The average molecular weight is 478 g/mol. The van der Waals surface area contributed by atoms with Crippen LogP contribution in [0.4, 0.5) is 0 Å². The number of nitrogens with zero attached hydrogens (tertiary/aromatic N) is 1. The summed E-state index contributed by atoms with van der Waals surface area (Å²) in [7, 11) is 0. The Hall–Kier alpha value is -3.08. The van der Waals surface area contributed by atoms with Crippen LogP contribution < -0.4 is 4.74 Å². The van der Waals surface area contributed by atoms with Gasteiger partial charge >= 0.3 is 5.97 Å². The van der Waals surface area contributed by atoms with E-state index in [1.54, 1.807) is 18.2 Å². The Balaban J connectivity index is 1.56. The minimum atomic E-state index is -0.947. The van der Waals surface area contributed by atoms with Gasteiger partial charge in [-0.25, -0.2) is 4.79 Å². The Morgan fingerprint density at radius 1 is 0.829 bits per heavy atom. The zero-order chi connectivity index (χ0) is 25.0. The number of aryl methyl sites for hydroxylation is 2. The zero-order valence-corrected chi connectivity index (χ0v) is 21.2. The number of hydrogen-bond donors (Lipinski definition) is 1. The van der Waals surface area contributed by atoms with E-state index < -0.39 is 5.97 Å². The molecule has 5 nitrogen and oxygen atoms in total. The fourth-order valence-electron chi connectivity index (χ4n) is 4.46. The number of carboxylic acid groups (broad SMARTS) is 1. The van der Waals surface area contributed by atoms with Crippen LogP contribution in [0.15, 0.2) is 48.5 Å². The van der Waals surface area contributed by atoms with Crippen molar-refractivity contribution in [1.82, 2.24) is 4.57 Å². The first-order valence-electron chi connectivity index (χ1n) is 13.1. The molecule has 0 aliphatic rings. The molecule has 1 aromatic heterocycles. The van der Waals surface area contributed by atoms with Gasteiger partial charge in [-0.05, 0) is 67.6 Å². The molecule has 188 valence electrons. The van der Waals surface area contributed by atoms with Gasteiger partial charge in [0.15, 0.2) is 5.78 Å². The van der Waals surface area contributed by atoms with Crippen LogP contribution in [0.5, 0.6) is 5.75 Å². The van der Waals surface area contributed by atoms with Crippen molar-refractivity contribution in [1.29, 1.82) is 0 Å². The van der Waals surface area contributed by atoms with E-state index in [-0.39, 0.29) is 24.5 Å². The molecule has 0 unspecified atom stereocenters. The van der Waals surface area contributed by atoms with Crippen molar-refractivity contribution >= 4 is 22.7 Å². The Labute approximate surface area is 209 Å². The molecule has 1 heterocycles. The molecule has 1 N–H and O–H groups in total. The van der Waals surface area contributed by atoms with Gasteiger partial charge in [-0.3, -0.25) is 4.79 Å². The van der Waals surface area contributed by atoms with Crippen LogP contribution in [0.2, 0.25) is 0 Å². The summed E-state index contributed by atoms with van der Waals surface area (Å²) in [4.78, 5) is 24.2. The number of carbonyl (C=O) groups excluding carboxylic acids is 1. The lowest BCUT2D eigenvalue weighted by molar-refractivity contribution is -0.121. The second-order valence-electron chi connectivity index (χ2n) is 9.39. The molecule has 0 atom stereocenters. The van der Waals surface area contributed by atoms with E-state index in [2.05, 4.69) is 26.0 Å². The van der Waals surface area contributed by atoms with E-state index in [4.69, 9.17) is 4.74 Å². The summed E-state index contributed by atoms with van der Waals surface area (Å²) >= 11 is 0. The molecule has 0 saturated heterocycles. The highest BCUT2D eigenvalue weighted by molar-refractivity contribution is 5.94. The van der Waals surface area contributed by atoms with Gasteiger partial charge in [-0.2, -0.15) is 0 Å². The summed E-state index contributed by atoms with van der Waals surface area (Å²) in [6.07, 6.45) is 11.7. The van der Waals surface area contributed by atoms with Crippen molar-refractivity contribution in [2.24, 2.45) is 0 Å². The second kappa shape index (κ2) is 13.7. The minimum absolute atomic E-state index is 0.0108. The molecule has 5 heteroatoms. The minimum Gasteiger partial charge on any atom is -0.486 e. The van der Waals surface area contributed by atoms with Crippen LogP contribution in [0.25, 0.3) is 10.9 Å². The lowest BCUT2D eigenvalue weighted by Crippen LogP contribution is -2.19. The lowest BCUT2D eigenvalue weighted by Gasteiger charge is -2.11. The van der Waals surface area contributed by atoms with Crippen molar-refractivity contribution in [3.63, 3.8) is 0 Å². The maximum atomic E-state index is 12.8. The number of carboxylic acids is 1. The van der Waals surface area contributed by atoms with Crippen molar-refractivity contribution in [3.8, 4) is 5.75 Å². The third kappa shape index (κ3) is 7.98. The number of ether oxygens (including phenoxy) is 1. The molecule has 3 aromatic rings. The predicted octanol–water partition coefficient (Wildman–Crippen LogP) is 7.23. The number of fused-ring (bicyclic) bond motifs is 1. The Morgan fingerprint density at radius 3 is 2.26 bits per heavy atom. The van der Waals surface area contributed by atoms with E-state index in [1.807, 2.05) is 22.8 Å². The number of ketones is 1. The molecule has 0 aliphatic carbocycles. The number of aromatic carboxylic acids is 1. The molecule has 35 heavy (non-hydrogen) atoms. The fourth-order valence-corrected chi connectivity index (χ4v) is 4.46. The van der Waals surface area contributed by atoms with E-state index in [0.29, 0.717) is 5.75 Å². The third-order valence-electron chi connectivity index (χ3n) is 6.50. The van der Waals surface area contributed by atoms with Crippen LogP contribution in [0.3, 0.4) is 0 Å². The molecule has 0 radical (unpaired) electrons. The molecule has 0 aliphatic heterocycles. The molecule has 0 fully saturated rings. The number of Topliss-reactive ketones (excluding diaryl/α,β-unsaturated/α-hetero) is 1. The van der Waals surface area contributed by atoms with Gasteiger partial charge in [0.2, 0.25) is 0 Å². The Morgan fingerprint density at radius 2 is 1.54 bits per heavy atom. The topological polar surface area (TPSA) is 68.5 Å². The Bertz CT molecular complexity index is 1100. The molecule has 0 saturated carbocycles. The number of benzene rings is 2. The quantitative estimate of drug-likeness (QED) is 0.221. The van der Waals surface area contributed by atoms with E-state index in [0.717, 1.165) is 42.3 Å². The summed E-state index contributed by atoms with van der Waals surface area (Å²) in [5.74, 6) is -0.254. The highest BCUT2D eigenvalue weighted by Gasteiger charge is 2.14. The largest absolute Gasteiger partial charge is 0.486 e. The first kappa shape index (κ1) is 26.5. The van der Waals surface area contributed by atoms with Gasteiger partial charge in [-0.15, -0.1) is 0 Å². The number of aromatic nitrogens is 1. The van der Waals surface area contributed by atoms with Crippen molar-refractivity contribution in [2.45, 2.75) is 84.6 Å². The van der Waals surface area contributed by atoms with Gasteiger partial charge in [0.25, 0.3) is 0 Å². The monoisotopic (exact) mass is 477 g/mol. The maximum Gasteiger partial charge on any atom is 0.335 e. The number of rotatable bonds is 16. The van der Waals surface area contributed by atoms with E-state index in [1.165, 1.54) is 44.1 Å². The van der Waals surface area contributed by atoms with Crippen molar-refractivity contribution in [3.05, 3.63) is 65.4 Å². The lowest BCUT2D eigenvalue weighted by atomic mass is 10.0. The Kier molecular flexibility index (Phi) is 10.4. The molecule has 3 rings (SSSR count). The highest BCUT2D eigenvalue weighted by Crippen LogP contribution is 2.23. The van der Waals surface area contributed by atoms with Crippen LogP contribution in [-0.4, -0.2) is 28.0 Å². The van der Waals surface area contributed by atoms with Crippen LogP contribution >= 0.6 is 0 Å². The summed E-state index contributed by atoms with van der Waals surface area (Å²) in [6, 6.07) is 15.2. The SMILES string of the molecule is CCCCCCCCc1ccc(OCC(=O)Cn2c(CCCC)cc3cc(C(=O)O)ccc32)cc1. The number of carbonyl (C=O) groups is 2. The van der Waals surface area contributed by atoms with Crippen molar-refractivity contribution < 1.29 is 19.4 Å². The van der Waals surface area contributed by atoms with Gasteiger partial charge in [0, 0.05) is 16.6 Å². The summed E-state index contributed by atoms with van der Waals surface area (Å²) in [6.45, 7) is 4.60. The summed E-state index contributed by atoms with van der Waals surface area (Å²) in [5, 5.41) is 10.2. The molecular formula is C30H39NO4. The average Bonchev–Trinajstić information content (AvgIpc) is 3.20. The van der Waals surface area contributed by atoms with Crippen LogP contribution in [-0.2, 0) is 24.2 Å². The second-order valence-corrected chi connectivity index (χ2v) is 9.39. The molecule has 2 aromatic carbocycles. The van der Waals surface area contributed by atoms with Gasteiger partial charge in [0.1, 0.15) is 12.4 Å².